The molecule has 112 valence electrons. The van der Waals surface area contributed by atoms with Crippen molar-refractivity contribution in [1.82, 2.24) is 10.3 Å². The number of nitrogens with one attached hydrogen (secondary N) is 1. The van der Waals surface area contributed by atoms with Gasteiger partial charge in [-0.3, -0.25) is 9.59 Å². The number of hydrazone groups is 1. The van der Waals surface area contributed by atoms with Gasteiger partial charge >= 0.3 is 0 Å². The largest absolute Gasteiger partial charge is 0.352 e. The van der Waals surface area contributed by atoms with Crippen molar-refractivity contribution < 1.29 is 14.0 Å². The van der Waals surface area contributed by atoms with Gasteiger partial charge in [0.2, 0.25) is 11.8 Å². The summed E-state index contributed by atoms with van der Waals surface area (Å²) in [6.07, 6.45) is 0.790. The lowest BCUT2D eigenvalue weighted by molar-refractivity contribution is -0.136. The average Bonchev–Trinajstić information content (AvgIpc) is 2.41. The Labute approximate surface area is 122 Å². The summed E-state index contributed by atoms with van der Waals surface area (Å²) >= 11 is 0. The predicted molar refractivity (Wildman–Crippen MR) is 77.2 cm³/mol. The fraction of sp³-hybridized carbons (Fsp3) is 0.400. The number of carbonyl (C=O) groups excluding carboxylic acids is 2. The highest BCUT2D eigenvalue weighted by molar-refractivity contribution is 6.04. The van der Waals surface area contributed by atoms with Crippen LogP contribution >= 0.6 is 0 Å². The number of carbonyl (C=O) groups is 2. The Morgan fingerprint density at radius 3 is 2.62 bits per heavy atom. The first-order valence-electron chi connectivity index (χ1n) is 6.89. The molecule has 1 aliphatic rings. The van der Waals surface area contributed by atoms with E-state index in [0.29, 0.717) is 18.6 Å². The molecule has 1 aromatic rings. The van der Waals surface area contributed by atoms with Crippen molar-refractivity contribution in [3.63, 3.8) is 0 Å². The molecule has 0 atom stereocenters. The van der Waals surface area contributed by atoms with Gasteiger partial charge in [-0.2, -0.15) is 5.10 Å². The van der Waals surface area contributed by atoms with Crippen molar-refractivity contribution in [3.05, 3.63) is 35.6 Å². The van der Waals surface area contributed by atoms with Crippen LogP contribution in [0.15, 0.2) is 29.4 Å². The van der Waals surface area contributed by atoms with E-state index in [1.54, 1.807) is 12.1 Å². The Hall–Kier alpha value is -2.24. The Balaban J connectivity index is 2.13. The predicted octanol–water partition coefficient (Wildman–Crippen LogP) is 1.68. The maximum atomic E-state index is 12.9. The molecule has 0 aromatic heterocycles. The molecule has 2 rings (SSSR count). The van der Waals surface area contributed by atoms with Crippen molar-refractivity contribution in [3.8, 4) is 0 Å². The van der Waals surface area contributed by atoms with Crippen LogP contribution in [0.1, 0.15) is 32.3 Å². The number of rotatable bonds is 4. The van der Waals surface area contributed by atoms with Crippen LogP contribution in [-0.2, 0) is 9.59 Å². The summed E-state index contributed by atoms with van der Waals surface area (Å²) < 4.78 is 12.9. The number of hydrogen-bond donors (Lipinski definition) is 1. The van der Waals surface area contributed by atoms with Gasteiger partial charge in [0.15, 0.2) is 0 Å². The van der Waals surface area contributed by atoms with E-state index in [1.807, 2.05) is 13.8 Å². The first kappa shape index (κ1) is 15.2. The van der Waals surface area contributed by atoms with Crippen LogP contribution in [0.5, 0.6) is 0 Å². The summed E-state index contributed by atoms with van der Waals surface area (Å²) in [5.74, 6) is -0.748. The minimum Gasteiger partial charge on any atom is -0.352 e. The van der Waals surface area contributed by atoms with Crippen molar-refractivity contribution in [2.24, 2.45) is 5.10 Å². The number of benzene rings is 1. The zero-order chi connectivity index (χ0) is 15.4. The molecular formula is C15H18FN3O2. The Morgan fingerprint density at radius 1 is 1.33 bits per heavy atom. The van der Waals surface area contributed by atoms with Gasteiger partial charge in [-0.1, -0.05) is 12.1 Å². The smallest absolute Gasteiger partial charge is 0.243 e. The minimum atomic E-state index is -0.320. The Kier molecular flexibility index (Phi) is 4.67. The third kappa shape index (κ3) is 4.11. The molecule has 0 unspecified atom stereocenters. The third-order valence-corrected chi connectivity index (χ3v) is 3.03. The minimum absolute atomic E-state index is 0.0120. The summed E-state index contributed by atoms with van der Waals surface area (Å²) in [4.78, 5) is 23.6. The van der Waals surface area contributed by atoms with Crippen molar-refractivity contribution in [2.75, 3.05) is 6.54 Å². The number of amides is 2. The van der Waals surface area contributed by atoms with Crippen LogP contribution in [0.25, 0.3) is 0 Å². The standard InChI is InChI=1S/C15H18FN3O2/c1-10(2)17-14(20)9-19-15(21)8-7-13(18-19)11-3-5-12(16)6-4-11/h3-6,10H,7-9H2,1-2H3,(H,17,20). The van der Waals surface area contributed by atoms with E-state index < -0.39 is 0 Å². The van der Waals surface area contributed by atoms with E-state index in [-0.39, 0.29) is 30.2 Å². The summed E-state index contributed by atoms with van der Waals surface area (Å²) in [5.41, 5.74) is 1.45. The second kappa shape index (κ2) is 6.47. The van der Waals surface area contributed by atoms with Gasteiger partial charge in [0.1, 0.15) is 12.4 Å². The SMILES string of the molecule is CC(C)NC(=O)CN1N=C(c2ccc(F)cc2)CCC1=O. The second-order valence-corrected chi connectivity index (χ2v) is 5.23. The molecular weight excluding hydrogens is 273 g/mol. The van der Waals surface area contributed by atoms with Crippen LogP contribution < -0.4 is 5.32 Å². The molecule has 1 aliphatic heterocycles. The lowest BCUT2D eigenvalue weighted by Gasteiger charge is -2.23. The first-order valence-corrected chi connectivity index (χ1v) is 6.89. The third-order valence-electron chi connectivity index (χ3n) is 3.03. The molecule has 1 N–H and O–H groups in total. The zero-order valence-electron chi connectivity index (χ0n) is 12.1. The van der Waals surface area contributed by atoms with Gasteiger partial charge in [-0.15, -0.1) is 0 Å². The molecule has 1 aromatic carbocycles. The molecule has 0 fully saturated rings. The average molecular weight is 291 g/mol. The fourth-order valence-corrected chi connectivity index (χ4v) is 2.08. The summed E-state index contributed by atoms with van der Waals surface area (Å²) in [6, 6.07) is 5.96. The molecule has 0 spiro atoms. The van der Waals surface area contributed by atoms with E-state index in [4.69, 9.17) is 0 Å². The highest BCUT2D eigenvalue weighted by atomic mass is 19.1. The van der Waals surface area contributed by atoms with E-state index in [2.05, 4.69) is 10.4 Å². The maximum absolute atomic E-state index is 12.9. The summed E-state index contributed by atoms with van der Waals surface area (Å²) in [6.45, 7) is 3.61. The molecule has 0 bridgehead atoms. The summed E-state index contributed by atoms with van der Waals surface area (Å²) in [7, 11) is 0. The Morgan fingerprint density at radius 2 is 2.00 bits per heavy atom. The number of halogens is 1. The zero-order valence-corrected chi connectivity index (χ0v) is 12.1. The van der Waals surface area contributed by atoms with Gasteiger partial charge < -0.3 is 5.32 Å². The lowest BCUT2D eigenvalue weighted by atomic mass is 10.0. The van der Waals surface area contributed by atoms with E-state index in [9.17, 15) is 14.0 Å². The van der Waals surface area contributed by atoms with Crippen LogP contribution in [-0.4, -0.2) is 35.1 Å². The van der Waals surface area contributed by atoms with Crippen LogP contribution in [0.4, 0.5) is 4.39 Å². The molecule has 0 saturated carbocycles. The van der Waals surface area contributed by atoms with E-state index in [0.717, 1.165) is 5.56 Å². The van der Waals surface area contributed by atoms with Crippen LogP contribution in [0, 0.1) is 5.82 Å². The number of hydrogen-bond acceptors (Lipinski definition) is 3. The molecule has 5 nitrogen and oxygen atoms in total. The normalized spacial score (nSPS) is 15.1. The topological polar surface area (TPSA) is 61.8 Å². The molecule has 6 heteroatoms. The Bertz CT molecular complexity index is 567. The highest BCUT2D eigenvalue weighted by Crippen LogP contribution is 2.15. The van der Waals surface area contributed by atoms with Crippen molar-refractivity contribution >= 4 is 17.5 Å². The monoisotopic (exact) mass is 291 g/mol. The fourth-order valence-electron chi connectivity index (χ4n) is 2.08. The molecule has 21 heavy (non-hydrogen) atoms. The molecule has 0 saturated heterocycles. The summed E-state index contributed by atoms with van der Waals surface area (Å²) in [5, 5.41) is 8.13. The van der Waals surface area contributed by atoms with Gasteiger partial charge in [-0.25, -0.2) is 9.40 Å². The van der Waals surface area contributed by atoms with Gasteiger partial charge in [0.25, 0.3) is 0 Å². The van der Waals surface area contributed by atoms with E-state index >= 15 is 0 Å². The van der Waals surface area contributed by atoms with Crippen molar-refractivity contribution in [2.45, 2.75) is 32.7 Å². The quantitative estimate of drug-likeness (QED) is 0.917. The van der Waals surface area contributed by atoms with Gasteiger partial charge in [0, 0.05) is 18.9 Å². The first-order chi connectivity index (χ1) is 9.95. The van der Waals surface area contributed by atoms with Crippen LogP contribution in [0.3, 0.4) is 0 Å². The second-order valence-electron chi connectivity index (χ2n) is 5.23. The molecule has 0 radical (unpaired) electrons. The van der Waals surface area contributed by atoms with Gasteiger partial charge in [0.05, 0.1) is 5.71 Å². The lowest BCUT2D eigenvalue weighted by Crippen LogP contribution is -2.42. The van der Waals surface area contributed by atoms with E-state index in [1.165, 1.54) is 17.1 Å². The van der Waals surface area contributed by atoms with Crippen molar-refractivity contribution in [1.29, 1.82) is 0 Å². The molecule has 2 amide bonds. The maximum Gasteiger partial charge on any atom is 0.243 e. The highest BCUT2D eigenvalue weighted by Gasteiger charge is 2.23. The van der Waals surface area contributed by atoms with Crippen LogP contribution in [0.2, 0.25) is 0 Å². The molecule has 1 heterocycles. The number of nitrogens with zero attached hydrogens (tertiary/aromatic N) is 2. The van der Waals surface area contributed by atoms with Gasteiger partial charge in [-0.05, 0) is 31.5 Å². The molecule has 0 aliphatic carbocycles.